The van der Waals surface area contributed by atoms with E-state index in [-0.39, 0.29) is 5.91 Å². The first-order valence-electron chi connectivity index (χ1n) is 9.22. The molecular weight excluding hydrogens is 388 g/mol. The Kier molecular flexibility index (Phi) is 4.99. The highest BCUT2D eigenvalue weighted by Crippen LogP contribution is 2.49. The minimum atomic E-state index is -0.567. The summed E-state index contributed by atoms with van der Waals surface area (Å²) in [6, 6.07) is 21.2. The predicted molar refractivity (Wildman–Crippen MR) is 112 cm³/mol. The van der Waals surface area contributed by atoms with Crippen molar-refractivity contribution >= 4 is 29.1 Å². The fourth-order valence-electron chi connectivity index (χ4n) is 3.33. The van der Waals surface area contributed by atoms with E-state index in [0.29, 0.717) is 27.8 Å². The quantitative estimate of drug-likeness (QED) is 0.610. The van der Waals surface area contributed by atoms with Gasteiger partial charge in [0.15, 0.2) is 0 Å². The minimum absolute atomic E-state index is 0.0746. The van der Waals surface area contributed by atoms with Gasteiger partial charge in [-0.05, 0) is 54.8 Å². The lowest BCUT2D eigenvalue weighted by atomic mass is 9.95. The average molecular weight is 407 g/mol. The zero-order valence-corrected chi connectivity index (χ0v) is 16.3. The maximum Gasteiger partial charge on any atom is 0.252 e. The van der Waals surface area contributed by atoms with Gasteiger partial charge in [0.25, 0.3) is 5.91 Å². The first-order chi connectivity index (χ1) is 14.0. The molecular formula is C23H19ClN2O3. The normalized spacial score (nSPS) is 14.1. The van der Waals surface area contributed by atoms with Gasteiger partial charge in [-0.25, -0.2) is 0 Å². The Labute approximate surface area is 173 Å². The van der Waals surface area contributed by atoms with Crippen molar-refractivity contribution in [1.82, 2.24) is 0 Å². The van der Waals surface area contributed by atoms with E-state index in [4.69, 9.17) is 22.1 Å². The molecule has 5 nitrogen and oxygen atoms in total. The monoisotopic (exact) mass is 406 g/mol. The Hall–Kier alpha value is -3.31. The molecule has 1 saturated carbocycles. The Balaban J connectivity index is 1.53. The highest BCUT2D eigenvalue weighted by molar-refractivity contribution is 6.30. The Morgan fingerprint density at radius 1 is 0.966 bits per heavy atom. The van der Waals surface area contributed by atoms with Crippen LogP contribution in [0.25, 0.3) is 0 Å². The summed E-state index contributed by atoms with van der Waals surface area (Å²) in [4.78, 5) is 24.5. The molecule has 0 spiro atoms. The molecule has 0 heterocycles. The van der Waals surface area contributed by atoms with Crippen molar-refractivity contribution in [2.75, 3.05) is 5.32 Å². The smallest absolute Gasteiger partial charge is 0.252 e. The second kappa shape index (κ2) is 7.60. The van der Waals surface area contributed by atoms with Gasteiger partial charge >= 0.3 is 0 Å². The number of para-hydroxylation sites is 1. The summed E-state index contributed by atoms with van der Waals surface area (Å²) in [5.74, 6) is 0.210. The molecule has 0 bridgehead atoms. The van der Waals surface area contributed by atoms with Crippen LogP contribution >= 0.6 is 11.6 Å². The third-order valence-corrected chi connectivity index (χ3v) is 5.27. The molecule has 0 saturated heterocycles. The van der Waals surface area contributed by atoms with Crippen LogP contribution in [0.4, 0.5) is 5.69 Å². The number of nitrogens with two attached hydrogens (primary N) is 1. The number of hydrogen-bond acceptors (Lipinski definition) is 3. The van der Waals surface area contributed by atoms with Crippen molar-refractivity contribution in [2.24, 2.45) is 5.73 Å². The number of carbonyl (C=O) groups is 2. The lowest BCUT2D eigenvalue weighted by Crippen LogP contribution is -2.27. The first-order valence-corrected chi connectivity index (χ1v) is 9.60. The molecule has 3 N–H and O–H groups in total. The number of halogens is 1. The minimum Gasteiger partial charge on any atom is -0.456 e. The molecule has 0 aliphatic heterocycles. The van der Waals surface area contributed by atoms with Crippen LogP contribution in [0.2, 0.25) is 5.02 Å². The van der Waals surface area contributed by atoms with Crippen LogP contribution in [-0.4, -0.2) is 11.8 Å². The molecule has 3 aromatic carbocycles. The van der Waals surface area contributed by atoms with Gasteiger partial charge in [0.2, 0.25) is 5.91 Å². The molecule has 1 aliphatic carbocycles. The molecule has 0 aromatic heterocycles. The topological polar surface area (TPSA) is 81.4 Å². The molecule has 146 valence electrons. The number of carbonyl (C=O) groups excluding carboxylic acids is 2. The van der Waals surface area contributed by atoms with E-state index in [0.717, 1.165) is 18.4 Å². The second-order valence-electron chi connectivity index (χ2n) is 7.04. The summed E-state index contributed by atoms with van der Waals surface area (Å²) in [7, 11) is 0. The van der Waals surface area contributed by atoms with Crippen LogP contribution in [0.1, 0.15) is 28.8 Å². The van der Waals surface area contributed by atoms with Gasteiger partial charge < -0.3 is 15.8 Å². The van der Waals surface area contributed by atoms with Crippen LogP contribution in [0.5, 0.6) is 11.5 Å². The number of amides is 2. The van der Waals surface area contributed by atoms with Gasteiger partial charge in [0, 0.05) is 16.8 Å². The van der Waals surface area contributed by atoms with Gasteiger partial charge in [-0.15, -0.1) is 0 Å². The van der Waals surface area contributed by atoms with E-state index in [1.807, 2.05) is 18.2 Å². The van der Waals surface area contributed by atoms with Gasteiger partial charge in [-0.3, -0.25) is 9.59 Å². The molecule has 3 aromatic rings. The fraction of sp³-hybridized carbons (Fsp3) is 0.130. The molecule has 1 aliphatic rings. The van der Waals surface area contributed by atoms with Crippen LogP contribution in [0.15, 0.2) is 72.8 Å². The summed E-state index contributed by atoms with van der Waals surface area (Å²) in [5, 5.41) is 3.59. The number of hydrogen-bond donors (Lipinski definition) is 2. The molecule has 1 fully saturated rings. The summed E-state index contributed by atoms with van der Waals surface area (Å²) in [5.41, 5.74) is 6.68. The van der Waals surface area contributed by atoms with E-state index in [2.05, 4.69) is 5.32 Å². The molecule has 0 radical (unpaired) electrons. The van der Waals surface area contributed by atoms with E-state index in [9.17, 15) is 9.59 Å². The number of ether oxygens (including phenoxy) is 1. The molecule has 6 heteroatoms. The summed E-state index contributed by atoms with van der Waals surface area (Å²) >= 11 is 6.10. The highest BCUT2D eigenvalue weighted by atomic mass is 35.5. The summed E-state index contributed by atoms with van der Waals surface area (Å²) in [6.07, 6.45) is 1.56. The summed E-state index contributed by atoms with van der Waals surface area (Å²) < 4.78 is 5.83. The van der Waals surface area contributed by atoms with E-state index >= 15 is 0 Å². The SMILES string of the molecule is NC(=O)c1ccccc1Oc1cccc(NC(=O)C2(c3cccc(Cl)c3)CC2)c1. The van der Waals surface area contributed by atoms with E-state index in [1.165, 1.54) is 0 Å². The predicted octanol–water partition coefficient (Wildman–Crippen LogP) is 4.90. The van der Waals surface area contributed by atoms with E-state index < -0.39 is 11.3 Å². The number of rotatable bonds is 6. The Morgan fingerprint density at radius 2 is 1.72 bits per heavy atom. The number of nitrogens with one attached hydrogen (secondary N) is 1. The number of primary amides is 1. The zero-order valence-electron chi connectivity index (χ0n) is 15.5. The van der Waals surface area contributed by atoms with Crippen molar-refractivity contribution in [2.45, 2.75) is 18.3 Å². The van der Waals surface area contributed by atoms with Gasteiger partial charge in [-0.2, -0.15) is 0 Å². The maximum atomic E-state index is 13.0. The van der Waals surface area contributed by atoms with Gasteiger partial charge in [-0.1, -0.05) is 41.9 Å². The van der Waals surface area contributed by atoms with Crippen LogP contribution in [0.3, 0.4) is 0 Å². The van der Waals surface area contributed by atoms with Crippen LogP contribution < -0.4 is 15.8 Å². The third kappa shape index (κ3) is 3.96. The lowest BCUT2D eigenvalue weighted by molar-refractivity contribution is -0.118. The molecule has 29 heavy (non-hydrogen) atoms. The first kappa shape index (κ1) is 19.0. The van der Waals surface area contributed by atoms with Crippen molar-refractivity contribution in [1.29, 1.82) is 0 Å². The number of anilines is 1. The largest absolute Gasteiger partial charge is 0.456 e. The second-order valence-corrected chi connectivity index (χ2v) is 7.47. The average Bonchev–Trinajstić information content (AvgIpc) is 3.51. The Bertz CT molecular complexity index is 1090. The van der Waals surface area contributed by atoms with Crippen molar-refractivity contribution < 1.29 is 14.3 Å². The third-order valence-electron chi connectivity index (χ3n) is 5.03. The standard InChI is InChI=1S/C23H19ClN2O3/c24-16-6-3-5-15(13-16)23(11-12-23)22(28)26-17-7-4-8-18(14-17)29-20-10-2-1-9-19(20)21(25)27/h1-10,13-14H,11-12H2,(H2,25,27)(H,26,28). The molecule has 2 amide bonds. The van der Waals surface area contributed by atoms with Crippen molar-refractivity contribution in [3.8, 4) is 11.5 Å². The highest BCUT2D eigenvalue weighted by Gasteiger charge is 2.51. The summed E-state index contributed by atoms with van der Waals surface area (Å²) in [6.45, 7) is 0. The van der Waals surface area contributed by atoms with Crippen LogP contribution in [-0.2, 0) is 10.2 Å². The maximum absolute atomic E-state index is 13.0. The Morgan fingerprint density at radius 3 is 2.45 bits per heavy atom. The van der Waals surface area contributed by atoms with Crippen molar-refractivity contribution in [3.63, 3.8) is 0 Å². The lowest BCUT2D eigenvalue weighted by Gasteiger charge is -2.17. The van der Waals surface area contributed by atoms with Gasteiger partial charge in [0.05, 0.1) is 11.0 Å². The molecule has 0 atom stereocenters. The fourth-order valence-corrected chi connectivity index (χ4v) is 3.52. The number of benzene rings is 3. The van der Waals surface area contributed by atoms with Crippen molar-refractivity contribution in [3.05, 3.63) is 88.9 Å². The van der Waals surface area contributed by atoms with E-state index in [1.54, 1.807) is 54.6 Å². The van der Waals surface area contributed by atoms with Crippen LogP contribution in [0, 0.1) is 0 Å². The molecule has 4 rings (SSSR count). The molecule has 0 unspecified atom stereocenters. The zero-order chi connectivity index (χ0) is 20.4. The van der Waals surface area contributed by atoms with Gasteiger partial charge in [0.1, 0.15) is 11.5 Å².